The van der Waals surface area contributed by atoms with E-state index in [1.165, 1.54) is 0 Å². The molecule has 5 N–H and O–H groups in total. The lowest BCUT2D eigenvalue weighted by molar-refractivity contribution is -0.121. The van der Waals surface area contributed by atoms with E-state index >= 15 is 0 Å². The van der Waals surface area contributed by atoms with Gasteiger partial charge >= 0.3 is 0 Å². The van der Waals surface area contributed by atoms with Crippen LogP contribution < -0.4 is 21.9 Å². The number of carbonyl (C=O) groups is 2. The second-order valence-corrected chi connectivity index (χ2v) is 4.81. The van der Waals surface area contributed by atoms with Crippen molar-refractivity contribution in [2.24, 2.45) is 5.84 Å². The molecule has 0 saturated heterocycles. The predicted molar refractivity (Wildman–Crippen MR) is 72.3 cm³/mol. The Morgan fingerprint density at radius 1 is 1.24 bits per heavy atom. The van der Waals surface area contributed by atoms with Gasteiger partial charge in [0.05, 0.1) is 0 Å². The molecule has 1 aromatic rings. The number of nitrogens with one attached hydrogen (secondary N) is 3. The number of hydrogen-bond acceptors (Lipinski definition) is 4. The van der Waals surface area contributed by atoms with Crippen LogP contribution in [0.25, 0.3) is 0 Å². The average Bonchev–Trinajstić information content (AvgIpc) is 3.22. The first-order valence-corrected chi connectivity index (χ1v) is 6.54. The number of carbonyl (C=O) groups excluding carboxylic acids is 2. The normalized spacial score (nSPS) is 13.7. The van der Waals surface area contributed by atoms with Crippen LogP contribution in [0.3, 0.4) is 0 Å². The van der Waals surface area contributed by atoms with Gasteiger partial charge in [-0.1, -0.05) is 0 Å². The van der Waals surface area contributed by atoms with Gasteiger partial charge in [0.1, 0.15) is 5.69 Å². The minimum atomic E-state index is -0.964. The average molecular weight is 298 g/mol. The number of halogens is 2. The molecule has 0 aliphatic heterocycles. The first-order valence-electron chi connectivity index (χ1n) is 6.54. The number of amides is 2. The van der Waals surface area contributed by atoms with Crippen molar-refractivity contribution >= 4 is 17.5 Å². The molecular weight excluding hydrogens is 282 g/mol. The minimum Gasteiger partial charge on any atom is -0.353 e. The van der Waals surface area contributed by atoms with Crippen molar-refractivity contribution < 1.29 is 18.4 Å². The molecule has 1 aliphatic rings. The molecule has 1 aromatic carbocycles. The van der Waals surface area contributed by atoms with Crippen LogP contribution >= 0.6 is 0 Å². The van der Waals surface area contributed by atoms with Crippen LogP contribution in [0, 0.1) is 11.6 Å². The Morgan fingerprint density at radius 2 is 1.86 bits per heavy atom. The van der Waals surface area contributed by atoms with Gasteiger partial charge in [-0.2, -0.15) is 0 Å². The SMILES string of the molecule is NNc1c(F)cc(C(=O)NCCC(=O)NC2CC2)cc1F. The van der Waals surface area contributed by atoms with E-state index in [1.807, 2.05) is 5.43 Å². The Labute approximate surface area is 120 Å². The van der Waals surface area contributed by atoms with Crippen LogP contribution in [0.4, 0.5) is 14.5 Å². The zero-order valence-corrected chi connectivity index (χ0v) is 11.2. The van der Waals surface area contributed by atoms with E-state index in [4.69, 9.17) is 5.84 Å². The highest BCUT2D eigenvalue weighted by molar-refractivity contribution is 5.94. The molecule has 0 bridgehead atoms. The predicted octanol–water partition coefficient (Wildman–Crippen LogP) is 0.649. The quantitative estimate of drug-likeness (QED) is 0.458. The van der Waals surface area contributed by atoms with Gasteiger partial charge in [0, 0.05) is 24.6 Å². The largest absolute Gasteiger partial charge is 0.353 e. The summed E-state index contributed by atoms with van der Waals surface area (Å²) in [4.78, 5) is 23.1. The fourth-order valence-electron chi connectivity index (χ4n) is 1.76. The topological polar surface area (TPSA) is 96.2 Å². The van der Waals surface area contributed by atoms with Crippen LogP contribution in [0.1, 0.15) is 29.6 Å². The number of hydrogen-bond donors (Lipinski definition) is 4. The van der Waals surface area contributed by atoms with Crippen molar-refractivity contribution in [1.29, 1.82) is 0 Å². The smallest absolute Gasteiger partial charge is 0.251 e. The molecule has 8 heteroatoms. The van der Waals surface area contributed by atoms with Crippen molar-refractivity contribution in [3.63, 3.8) is 0 Å². The highest BCUT2D eigenvalue weighted by atomic mass is 19.1. The van der Waals surface area contributed by atoms with E-state index in [9.17, 15) is 18.4 Å². The molecule has 6 nitrogen and oxygen atoms in total. The van der Waals surface area contributed by atoms with E-state index in [-0.39, 0.29) is 30.5 Å². The van der Waals surface area contributed by atoms with Crippen LogP contribution in [-0.2, 0) is 4.79 Å². The third-order valence-electron chi connectivity index (χ3n) is 3.03. The number of benzene rings is 1. The highest BCUT2D eigenvalue weighted by Gasteiger charge is 2.23. The summed E-state index contributed by atoms with van der Waals surface area (Å²) in [7, 11) is 0. The van der Waals surface area contributed by atoms with E-state index in [0.717, 1.165) is 25.0 Å². The molecule has 114 valence electrons. The molecule has 0 aromatic heterocycles. The molecule has 1 aliphatic carbocycles. The van der Waals surface area contributed by atoms with E-state index in [0.29, 0.717) is 0 Å². The molecule has 0 radical (unpaired) electrons. The second kappa shape index (κ2) is 6.49. The lowest BCUT2D eigenvalue weighted by Gasteiger charge is -2.08. The number of rotatable bonds is 6. The van der Waals surface area contributed by atoms with Crippen molar-refractivity contribution in [1.82, 2.24) is 10.6 Å². The zero-order chi connectivity index (χ0) is 15.4. The van der Waals surface area contributed by atoms with Crippen molar-refractivity contribution in [2.75, 3.05) is 12.0 Å². The van der Waals surface area contributed by atoms with Gasteiger partial charge in [0.2, 0.25) is 5.91 Å². The van der Waals surface area contributed by atoms with Gasteiger partial charge in [0.25, 0.3) is 5.91 Å². The summed E-state index contributed by atoms with van der Waals surface area (Å²) in [6.07, 6.45) is 2.09. The van der Waals surface area contributed by atoms with E-state index in [1.54, 1.807) is 0 Å². The van der Waals surface area contributed by atoms with E-state index < -0.39 is 23.2 Å². The van der Waals surface area contributed by atoms with Crippen molar-refractivity contribution in [3.05, 3.63) is 29.3 Å². The Balaban J connectivity index is 1.86. The molecular formula is C13H16F2N4O2. The monoisotopic (exact) mass is 298 g/mol. The molecule has 0 atom stereocenters. The third-order valence-corrected chi connectivity index (χ3v) is 3.03. The fraction of sp³-hybridized carbons (Fsp3) is 0.385. The number of nitrogens with two attached hydrogens (primary N) is 1. The van der Waals surface area contributed by atoms with Crippen LogP contribution in [0.5, 0.6) is 0 Å². The highest BCUT2D eigenvalue weighted by Crippen LogP contribution is 2.20. The molecule has 2 rings (SSSR count). The zero-order valence-electron chi connectivity index (χ0n) is 11.2. The summed E-state index contributed by atoms with van der Waals surface area (Å²) in [6.45, 7) is 0.0948. The van der Waals surface area contributed by atoms with Gasteiger partial charge in [-0.15, -0.1) is 0 Å². The number of nitrogen functional groups attached to an aromatic ring is 1. The summed E-state index contributed by atoms with van der Waals surface area (Å²) in [5, 5.41) is 5.20. The van der Waals surface area contributed by atoms with Gasteiger partial charge in [-0.25, -0.2) is 8.78 Å². The number of anilines is 1. The first kappa shape index (κ1) is 15.2. The summed E-state index contributed by atoms with van der Waals surface area (Å²) in [6, 6.07) is 2.00. The Bertz CT molecular complexity index is 538. The first-order chi connectivity index (χ1) is 10.0. The number of hydrazine groups is 1. The van der Waals surface area contributed by atoms with E-state index in [2.05, 4.69) is 10.6 Å². The lowest BCUT2D eigenvalue weighted by atomic mass is 10.1. The summed E-state index contributed by atoms with van der Waals surface area (Å²) in [5.74, 6) is 2.22. The fourth-order valence-corrected chi connectivity index (χ4v) is 1.76. The summed E-state index contributed by atoms with van der Waals surface area (Å²) >= 11 is 0. The van der Waals surface area contributed by atoms with Crippen LogP contribution in [0.2, 0.25) is 0 Å². The third kappa shape index (κ3) is 4.12. The summed E-state index contributed by atoms with van der Waals surface area (Å²) in [5.41, 5.74) is 1.20. The maximum atomic E-state index is 13.4. The Hall–Kier alpha value is -2.22. The molecule has 1 saturated carbocycles. The van der Waals surface area contributed by atoms with Gasteiger partial charge in [-0.3, -0.25) is 15.4 Å². The molecule has 1 fully saturated rings. The molecule has 0 spiro atoms. The molecule has 0 unspecified atom stereocenters. The maximum Gasteiger partial charge on any atom is 0.251 e. The Kier molecular flexibility index (Phi) is 4.69. The Morgan fingerprint density at radius 3 is 2.38 bits per heavy atom. The molecule has 2 amide bonds. The lowest BCUT2D eigenvalue weighted by Crippen LogP contribution is -2.31. The second-order valence-electron chi connectivity index (χ2n) is 4.81. The molecule has 0 heterocycles. The maximum absolute atomic E-state index is 13.4. The van der Waals surface area contributed by atoms with Crippen LogP contribution in [0.15, 0.2) is 12.1 Å². The minimum absolute atomic E-state index is 0.0948. The van der Waals surface area contributed by atoms with Crippen molar-refractivity contribution in [2.45, 2.75) is 25.3 Å². The summed E-state index contributed by atoms with van der Waals surface area (Å²) < 4.78 is 26.9. The van der Waals surface area contributed by atoms with Crippen LogP contribution in [-0.4, -0.2) is 24.4 Å². The standard InChI is InChI=1S/C13H16F2N4O2/c14-9-5-7(6-10(15)12(9)19-16)13(21)17-4-3-11(20)18-8-1-2-8/h5-6,8,19H,1-4,16H2,(H,17,21)(H,18,20). The van der Waals surface area contributed by atoms with Crippen molar-refractivity contribution in [3.8, 4) is 0 Å². The van der Waals surface area contributed by atoms with Gasteiger partial charge in [-0.05, 0) is 25.0 Å². The molecule has 21 heavy (non-hydrogen) atoms. The van der Waals surface area contributed by atoms with Gasteiger partial charge < -0.3 is 16.1 Å². The van der Waals surface area contributed by atoms with Gasteiger partial charge in [0.15, 0.2) is 11.6 Å².